The van der Waals surface area contributed by atoms with Crippen molar-refractivity contribution < 1.29 is 4.74 Å². The molecule has 2 rings (SSSR count). The predicted molar refractivity (Wildman–Crippen MR) is 80.3 cm³/mol. The van der Waals surface area contributed by atoms with Crippen LogP contribution in [0.1, 0.15) is 57.2 Å². The second kappa shape index (κ2) is 5.69. The van der Waals surface area contributed by atoms with E-state index in [2.05, 4.69) is 46.4 Å². The average molecular weight is 361 g/mol. The standard InChI is InChI=1S/C13H20IN3O/c1-4-18-11(8-5-6-8)13-16-10(7(2)3)9(14)12(15)17-13/h7-8,11H,4-6H2,1-3H3,(H2,15,16,17). The number of hydrogen-bond acceptors (Lipinski definition) is 4. The van der Waals surface area contributed by atoms with Crippen LogP contribution in [0.25, 0.3) is 0 Å². The normalized spacial score (nSPS) is 17.2. The number of ether oxygens (including phenoxy) is 1. The Morgan fingerprint density at radius 2 is 2.06 bits per heavy atom. The predicted octanol–water partition coefficient (Wildman–Crippen LogP) is 3.27. The van der Waals surface area contributed by atoms with Crippen LogP contribution in [0.4, 0.5) is 5.82 Å². The Morgan fingerprint density at radius 3 is 2.56 bits per heavy atom. The van der Waals surface area contributed by atoms with Gasteiger partial charge in [0, 0.05) is 6.61 Å². The van der Waals surface area contributed by atoms with Crippen molar-refractivity contribution in [3.05, 3.63) is 15.1 Å². The molecule has 1 aromatic rings. The van der Waals surface area contributed by atoms with E-state index in [9.17, 15) is 0 Å². The van der Waals surface area contributed by atoms with Crippen LogP contribution in [0, 0.1) is 9.49 Å². The smallest absolute Gasteiger partial charge is 0.160 e. The molecule has 18 heavy (non-hydrogen) atoms. The van der Waals surface area contributed by atoms with Gasteiger partial charge in [-0.05, 0) is 54.2 Å². The van der Waals surface area contributed by atoms with E-state index in [1.54, 1.807) is 0 Å². The number of aromatic nitrogens is 2. The first kappa shape index (κ1) is 14.0. The van der Waals surface area contributed by atoms with Gasteiger partial charge in [0.2, 0.25) is 0 Å². The van der Waals surface area contributed by atoms with E-state index in [1.165, 1.54) is 12.8 Å². The third kappa shape index (κ3) is 2.93. The van der Waals surface area contributed by atoms with Crippen molar-refractivity contribution in [3.8, 4) is 0 Å². The van der Waals surface area contributed by atoms with Crippen molar-refractivity contribution in [3.63, 3.8) is 0 Å². The van der Waals surface area contributed by atoms with Crippen LogP contribution in [-0.2, 0) is 4.74 Å². The molecule has 0 amide bonds. The molecule has 0 saturated heterocycles. The number of halogens is 1. The maximum Gasteiger partial charge on any atom is 0.160 e. The van der Waals surface area contributed by atoms with E-state index in [0.717, 1.165) is 15.1 Å². The topological polar surface area (TPSA) is 61.0 Å². The zero-order valence-corrected chi connectivity index (χ0v) is 13.3. The van der Waals surface area contributed by atoms with Gasteiger partial charge in [0.15, 0.2) is 5.82 Å². The van der Waals surface area contributed by atoms with Crippen LogP contribution in [0.15, 0.2) is 0 Å². The molecule has 1 aliphatic rings. The Hall–Kier alpha value is -0.430. The quantitative estimate of drug-likeness (QED) is 0.818. The van der Waals surface area contributed by atoms with Crippen molar-refractivity contribution >= 4 is 28.4 Å². The molecule has 4 nitrogen and oxygen atoms in total. The molecule has 1 atom stereocenters. The van der Waals surface area contributed by atoms with Crippen molar-refractivity contribution in [2.75, 3.05) is 12.3 Å². The SMILES string of the molecule is CCOC(c1nc(N)c(I)c(C(C)C)n1)C1CC1. The van der Waals surface area contributed by atoms with E-state index >= 15 is 0 Å². The molecule has 1 aromatic heterocycles. The van der Waals surface area contributed by atoms with E-state index in [4.69, 9.17) is 10.5 Å². The molecule has 1 fully saturated rings. The van der Waals surface area contributed by atoms with Crippen molar-refractivity contribution in [1.29, 1.82) is 0 Å². The number of nitrogens with two attached hydrogens (primary N) is 1. The van der Waals surface area contributed by atoms with Crippen LogP contribution >= 0.6 is 22.6 Å². The van der Waals surface area contributed by atoms with E-state index in [1.807, 2.05) is 6.92 Å². The third-order valence-electron chi connectivity index (χ3n) is 3.12. The van der Waals surface area contributed by atoms with Gasteiger partial charge in [0.05, 0.1) is 9.26 Å². The number of nitrogen functional groups attached to an aromatic ring is 1. The van der Waals surface area contributed by atoms with Crippen molar-refractivity contribution in [2.45, 2.75) is 45.6 Å². The van der Waals surface area contributed by atoms with Gasteiger partial charge in [-0.2, -0.15) is 0 Å². The molecule has 0 bridgehead atoms. The van der Waals surface area contributed by atoms with Crippen LogP contribution < -0.4 is 5.73 Å². The first-order valence-corrected chi connectivity index (χ1v) is 7.56. The Morgan fingerprint density at radius 1 is 1.39 bits per heavy atom. The summed E-state index contributed by atoms with van der Waals surface area (Å²) < 4.78 is 6.77. The molecule has 1 heterocycles. The summed E-state index contributed by atoms with van der Waals surface area (Å²) in [6.45, 7) is 6.95. The molecule has 1 saturated carbocycles. The number of rotatable bonds is 5. The van der Waals surface area contributed by atoms with Gasteiger partial charge in [0.25, 0.3) is 0 Å². The number of anilines is 1. The summed E-state index contributed by atoms with van der Waals surface area (Å²) in [5.74, 6) is 2.27. The van der Waals surface area contributed by atoms with Gasteiger partial charge in [-0.3, -0.25) is 0 Å². The van der Waals surface area contributed by atoms with Crippen LogP contribution in [-0.4, -0.2) is 16.6 Å². The summed E-state index contributed by atoms with van der Waals surface area (Å²) in [6, 6.07) is 0. The van der Waals surface area contributed by atoms with Gasteiger partial charge < -0.3 is 10.5 Å². The van der Waals surface area contributed by atoms with Gasteiger partial charge in [-0.25, -0.2) is 9.97 Å². The molecule has 1 aliphatic carbocycles. The monoisotopic (exact) mass is 361 g/mol. The summed E-state index contributed by atoms with van der Waals surface area (Å²) >= 11 is 2.22. The Bertz CT molecular complexity index is 432. The largest absolute Gasteiger partial charge is 0.383 e. The minimum absolute atomic E-state index is 0.0202. The highest BCUT2D eigenvalue weighted by molar-refractivity contribution is 14.1. The molecule has 0 radical (unpaired) electrons. The highest BCUT2D eigenvalue weighted by atomic mass is 127. The zero-order chi connectivity index (χ0) is 13.3. The molecule has 100 valence electrons. The number of nitrogens with zero attached hydrogens (tertiary/aromatic N) is 2. The summed E-state index contributed by atoms with van der Waals surface area (Å²) in [5.41, 5.74) is 7.03. The fourth-order valence-electron chi connectivity index (χ4n) is 2.01. The summed E-state index contributed by atoms with van der Waals surface area (Å²) in [7, 11) is 0. The van der Waals surface area contributed by atoms with Crippen LogP contribution in [0.3, 0.4) is 0 Å². The van der Waals surface area contributed by atoms with E-state index in [-0.39, 0.29) is 6.10 Å². The number of hydrogen-bond donors (Lipinski definition) is 1. The lowest BCUT2D eigenvalue weighted by Gasteiger charge is -2.18. The molecule has 5 heteroatoms. The van der Waals surface area contributed by atoms with Crippen LogP contribution in [0.2, 0.25) is 0 Å². The Kier molecular flexibility index (Phi) is 4.42. The van der Waals surface area contributed by atoms with Gasteiger partial charge in [0.1, 0.15) is 11.9 Å². The molecule has 0 aromatic carbocycles. The minimum Gasteiger partial charge on any atom is -0.383 e. The summed E-state index contributed by atoms with van der Waals surface area (Å²) in [6.07, 6.45) is 2.43. The summed E-state index contributed by atoms with van der Waals surface area (Å²) in [4.78, 5) is 9.12. The third-order valence-corrected chi connectivity index (χ3v) is 4.22. The van der Waals surface area contributed by atoms with Crippen molar-refractivity contribution in [1.82, 2.24) is 9.97 Å². The first-order valence-electron chi connectivity index (χ1n) is 6.49. The highest BCUT2D eigenvalue weighted by Gasteiger charge is 2.35. The molecular formula is C13H20IN3O. The lowest BCUT2D eigenvalue weighted by Crippen LogP contribution is -2.15. The van der Waals surface area contributed by atoms with Gasteiger partial charge in [-0.15, -0.1) is 0 Å². The Labute approximate surface area is 122 Å². The molecular weight excluding hydrogens is 341 g/mol. The highest BCUT2D eigenvalue weighted by Crippen LogP contribution is 2.42. The first-order chi connectivity index (χ1) is 8.54. The van der Waals surface area contributed by atoms with Gasteiger partial charge in [-0.1, -0.05) is 13.8 Å². The molecule has 2 N–H and O–H groups in total. The van der Waals surface area contributed by atoms with Crippen LogP contribution in [0.5, 0.6) is 0 Å². The molecule has 0 aliphatic heterocycles. The lowest BCUT2D eigenvalue weighted by atomic mass is 10.1. The second-order valence-electron chi connectivity index (χ2n) is 5.03. The molecule has 1 unspecified atom stereocenters. The zero-order valence-electron chi connectivity index (χ0n) is 11.1. The fourth-order valence-corrected chi connectivity index (χ4v) is 2.87. The lowest BCUT2D eigenvalue weighted by molar-refractivity contribution is 0.0399. The average Bonchev–Trinajstić information content (AvgIpc) is 3.13. The fraction of sp³-hybridized carbons (Fsp3) is 0.692. The van der Waals surface area contributed by atoms with E-state index < -0.39 is 0 Å². The maximum atomic E-state index is 6.00. The Balaban J connectivity index is 2.37. The molecule has 0 spiro atoms. The van der Waals surface area contributed by atoms with E-state index in [0.29, 0.717) is 24.3 Å². The van der Waals surface area contributed by atoms with Crippen molar-refractivity contribution in [2.24, 2.45) is 5.92 Å². The maximum absolute atomic E-state index is 6.00. The second-order valence-corrected chi connectivity index (χ2v) is 6.11. The summed E-state index contributed by atoms with van der Waals surface area (Å²) in [5, 5.41) is 0. The minimum atomic E-state index is 0.0202. The van der Waals surface area contributed by atoms with Gasteiger partial charge >= 0.3 is 0 Å².